The van der Waals surface area contributed by atoms with E-state index in [2.05, 4.69) is 0 Å². The molecule has 4 nitrogen and oxygen atoms in total. The number of hydrogen-bond acceptors (Lipinski definition) is 3. The van der Waals surface area contributed by atoms with Gasteiger partial charge in [0.05, 0.1) is 0 Å². The molecule has 0 spiro atoms. The highest BCUT2D eigenvalue weighted by Gasteiger charge is 2.17. The number of carbonyl (C=O) groups excluding carboxylic acids is 1. The Kier molecular flexibility index (Phi) is 5.11. The van der Waals surface area contributed by atoms with Gasteiger partial charge in [0.15, 0.2) is 0 Å². The third kappa shape index (κ3) is 4.05. The Hall–Kier alpha value is -3.11. The van der Waals surface area contributed by atoms with Crippen molar-refractivity contribution in [2.45, 2.75) is 12.6 Å². The molecule has 1 amide bonds. The molecule has 4 N–H and O–H groups in total. The second-order valence-corrected chi connectivity index (χ2v) is 5.74. The predicted octanol–water partition coefficient (Wildman–Crippen LogP) is 3.41. The Bertz CT molecular complexity index is 828. The van der Waals surface area contributed by atoms with Crippen LogP contribution in [0.3, 0.4) is 0 Å². The number of para-hydroxylation sites is 1. The number of hydrogen-bond donors (Lipinski definition) is 2. The lowest BCUT2D eigenvalue weighted by Gasteiger charge is -2.20. The highest BCUT2D eigenvalue weighted by Crippen LogP contribution is 2.29. The standard InChI is InChI=1S/C21H20N2O2/c22-14-15-6-8-16(9-7-15)20(25-19-4-2-1-3-5-19)17-10-12-18(13-11-17)21(23)24/h1-13,20H,14,22H2,(H2,23,24). The summed E-state index contributed by atoms with van der Waals surface area (Å²) in [5.74, 6) is 0.328. The molecule has 126 valence electrons. The van der Waals surface area contributed by atoms with Crippen molar-refractivity contribution in [3.8, 4) is 5.75 Å². The van der Waals surface area contributed by atoms with Crippen molar-refractivity contribution in [3.05, 3.63) is 101 Å². The number of amides is 1. The summed E-state index contributed by atoms with van der Waals surface area (Å²) in [7, 11) is 0. The van der Waals surface area contributed by atoms with E-state index in [1.807, 2.05) is 66.7 Å². The monoisotopic (exact) mass is 332 g/mol. The minimum atomic E-state index is -0.445. The number of primary amides is 1. The van der Waals surface area contributed by atoms with Gasteiger partial charge in [-0.05, 0) is 41.0 Å². The highest BCUT2D eigenvalue weighted by atomic mass is 16.5. The van der Waals surface area contributed by atoms with Crippen LogP contribution in [0.5, 0.6) is 5.75 Å². The first-order valence-electron chi connectivity index (χ1n) is 8.08. The molecular weight excluding hydrogens is 312 g/mol. The van der Waals surface area contributed by atoms with Crippen molar-refractivity contribution >= 4 is 5.91 Å². The molecule has 0 aliphatic heterocycles. The summed E-state index contributed by atoms with van der Waals surface area (Å²) in [5, 5.41) is 0. The Labute approximate surface area is 147 Å². The molecule has 0 saturated heterocycles. The van der Waals surface area contributed by atoms with Crippen molar-refractivity contribution in [3.63, 3.8) is 0 Å². The van der Waals surface area contributed by atoms with Crippen molar-refractivity contribution in [2.75, 3.05) is 0 Å². The maximum atomic E-state index is 11.3. The fraction of sp³-hybridized carbons (Fsp3) is 0.0952. The van der Waals surface area contributed by atoms with Gasteiger partial charge < -0.3 is 16.2 Å². The zero-order valence-electron chi connectivity index (χ0n) is 13.8. The zero-order chi connectivity index (χ0) is 17.6. The van der Waals surface area contributed by atoms with Gasteiger partial charge in [-0.25, -0.2) is 0 Å². The van der Waals surface area contributed by atoms with E-state index in [1.54, 1.807) is 12.1 Å². The van der Waals surface area contributed by atoms with Gasteiger partial charge in [-0.15, -0.1) is 0 Å². The van der Waals surface area contributed by atoms with Crippen LogP contribution >= 0.6 is 0 Å². The predicted molar refractivity (Wildman–Crippen MR) is 98.2 cm³/mol. The lowest BCUT2D eigenvalue weighted by atomic mass is 9.99. The molecule has 0 radical (unpaired) electrons. The van der Waals surface area contributed by atoms with Crippen molar-refractivity contribution in [1.82, 2.24) is 0 Å². The van der Waals surface area contributed by atoms with E-state index in [1.165, 1.54) is 0 Å². The van der Waals surface area contributed by atoms with E-state index < -0.39 is 5.91 Å². The maximum absolute atomic E-state index is 11.3. The van der Waals surface area contributed by atoms with Gasteiger partial charge in [0, 0.05) is 12.1 Å². The van der Waals surface area contributed by atoms with Crippen molar-refractivity contribution in [1.29, 1.82) is 0 Å². The number of nitrogens with two attached hydrogens (primary N) is 2. The summed E-state index contributed by atoms with van der Waals surface area (Å²) >= 11 is 0. The van der Waals surface area contributed by atoms with Gasteiger partial charge in [-0.1, -0.05) is 54.6 Å². The van der Waals surface area contributed by atoms with Crippen LogP contribution in [0.2, 0.25) is 0 Å². The minimum absolute atomic E-state index is 0.295. The third-order valence-electron chi connectivity index (χ3n) is 4.01. The second kappa shape index (κ2) is 7.64. The van der Waals surface area contributed by atoms with E-state index in [0.717, 1.165) is 22.4 Å². The Morgan fingerprint density at radius 1 is 0.840 bits per heavy atom. The first-order chi connectivity index (χ1) is 12.2. The van der Waals surface area contributed by atoms with E-state index >= 15 is 0 Å². The van der Waals surface area contributed by atoms with Gasteiger partial charge in [0.25, 0.3) is 0 Å². The molecular formula is C21H20N2O2. The lowest BCUT2D eigenvalue weighted by molar-refractivity contribution is 0.1000. The van der Waals surface area contributed by atoms with Crippen LogP contribution < -0.4 is 16.2 Å². The van der Waals surface area contributed by atoms with Crippen molar-refractivity contribution < 1.29 is 9.53 Å². The van der Waals surface area contributed by atoms with Gasteiger partial charge >= 0.3 is 0 Å². The van der Waals surface area contributed by atoms with Gasteiger partial charge in [-0.2, -0.15) is 0 Å². The number of benzene rings is 3. The summed E-state index contributed by atoms with van der Waals surface area (Å²) in [6.07, 6.45) is -0.295. The molecule has 0 fully saturated rings. The molecule has 1 atom stereocenters. The lowest BCUT2D eigenvalue weighted by Crippen LogP contribution is -2.13. The number of carbonyl (C=O) groups is 1. The Balaban J connectivity index is 1.96. The topological polar surface area (TPSA) is 78.3 Å². The molecule has 25 heavy (non-hydrogen) atoms. The molecule has 0 aliphatic carbocycles. The fourth-order valence-corrected chi connectivity index (χ4v) is 2.61. The minimum Gasteiger partial charge on any atom is -0.481 e. The van der Waals surface area contributed by atoms with E-state index in [0.29, 0.717) is 12.1 Å². The van der Waals surface area contributed by atoms with E-state index in [4.69, 9.17) is 16.2 Å². The first kappa shape index (κ1) is 16.7. The summed E-state index contributed by atoms with van der Waals surface area (Å²) in [5.41, 5.74) is 14.5. The molecule has 0 saturated carbocycles. The fourth-order valence-electron chi connectivity index (χ4n) is 2.61. The average Bonchev–Trinajstić information content (AvgIpc) is 2.67. The normalized spacial score (nSPS) is 11.7. The molecule has 3 aromatic rings. The first-order valence-corrected chi connectivity index (χ1v) is 8.08. The quantitative estimate of drug-likeness (QED) is 0.726. The van der Waals surface area contributed by atoms with Crippen molar-refractivity contribution in [2.24, 2.45) is 11.5 Å². The largest absolute Gasteiger partial charge is 0.481 e. The molecule has 0 heterocycles. The summed E-state index contributed by atoms with van der Waals surface area (Å²) in [6, 6.07) is 24.8. The van der Waals surface area contributed by atoms with E-state index in [9.17, 15) is 4.79 Å². The summed E-state index contributed by atoms with van der Waals surface area (Å²) in [4.78, 5) is 11.3. The van der Waals surface area contributed by atoms with Crippen LogP contribution in [0.1, 0.15) is 33.2 Å². The summed E-state index contributed by atoms with van der Waals surface area (Å²) < 4.78 is 6.21. The van der Waals surface area contributed by atoms with Crippen LogP contribution in [-0.2, 0) is 6.54 Å². The number of rotatable bonds is 6. The molecule has 1 unspecified atom stereocenters. The van der Waals surface area contributed by atoms with Gasteiger partial charge in [0.2, 0.25) is 5.91 Å². The maximum Gasteiger partial charge on any atom is 0.248 e. The van der Waals surface area contributed by atoms with Crippen LogP contribution in [0.15, 0.2) is 78.9 Å². The van der Waals surface area contributed by atoms with E-state index in [-0.39, 0.29) is 6.10 Å². The summed E-state index contributed by atoms with van der Waals surface area (Å²) in [6.45, 7) is 0.498. The van der Waals surface area contributed by atoms with Gasteiger partial charge in [-0.3, -0.25) is 4.79 Å². The SMILES string of the molecule is NCc1ccc(C(Oc2ccccc2)c2ccc(C(N)=O)cc2)cc1. The third-order valence-corrected chi connectivity index (χ3v) is 4.01. The highest BCUT2D eigenvalue weighted by molar-refractivity contribution is 5.92. The smallest absolute Gasteiger partial charge is 0.248 e. The Morgan fingerprint density at radius 3 is 1.92 bits per heavy atom. The molecule has 0 aromatic heterocycles. The number of ether oxygens (including phenoxy) is 1. The molecule has 0 bridgehead atoms. The zero-order valence-corrected chi connectivity index (χ0v) is 13.8. The molecule has 0 aliphatic rings. The molecule has 3 aromatic carbocycles. The Morgan fingerprint density at radius 2 is 1.40 bits per heavy atom. The molecule has 3 rings (SSSR count). The second-order valence-electron chi connectivity index (χ2n) is 5.74. The molecule has 4 heteroatoms. The average molecular weight is 332 g/mol. The van der Waals surface area contributed by atoms with Gasteiger partial charge in [0.1, 0.15) is 11.9 Å². The van der Waals surface area contributed by atoms with Crippen LogP contribution in [0.25, 0.3) is 0 Å². The van der Waals surface area contributed by atoms with Crippen LogP contribution in [0.4, 0.5) is 0 Å². The van der Waals surface area contributed by atoms with Crippen LogP contribution in [0, 0.1) is 0 Å². The van der Waals surface area contributed by atoms with Crippen LogP contribution in [-0.4, -0.2) is 5.91 Å².